The van der Waals surface area contributed by atoms with E-state index in [1.807, 2.05) is 0 Å². The molecule has 7 heteroatoms. The smallest absolute Gasteiger partial charge is 0.252 e. The van der Waals surface area contributed by atoms with E-state index in [-0.39, 0.29) is 22.8 Å². The number of rotatable bonds is 7. The number of amides is 1. The standard InChI is InChI=1S/C17H21NO5S/c1-3-11-24(21,22)14-8-5-4-7-13(14)16(19)18-12-17(2,20)15-9-6-10-23-15/h4-10,20H,3,11-12H2,1-2H3,(H,18,19)/t17-/m0/s1. The Kier molecular flexibility index (Phi) is 5.46. The van der Waals surface area contributed by atoms with Gasteiger partial charge in [0.25, 0.3) is 5.91 Å². The molecule has 1 amide bonds. The van der Waals surface area contributed by atoms with Crippen LogP contribution >= 0.6 is 0 Å². The number of carbonyl (C=O) groups excluding carboxylic acids is 1. The molecule has 2 aromatic rings. The summed E-state index contributed by atoms with van der Waals surface area (Å²) in [6.45, 7) is 3.16. The number of nitrogens with one attached hydrogen (secondary N) is 1. The molecule has 2 rings (SSSR count). The summed E-state index contributed by atoms with van der Waals surface area (Å²) in [6.07, 6.45) is 1.89. The van der Waals surface area contributed by atoms with Gasteiger partial charge in [-0.15, -0.1) is 0 Å². The molecule has 1 aromatic carbocycles. The predicted molar refractivity (Wildman–Crippen MR) is 89.4 cm³/mol. The van der Waals surface area contributed by atoms with Crippen LogP contribution in [0.25, 0.3) is 0 Å². The first-order valence-corrected chi connectivity index (χ1v) is 9.29. The lowest BCUT2D eigenvalue weighted by molar-refractivity contribution is 0.0330. The Balaban J connectivity index is 2.19. The third-order valence-electron chi connectivity index (χ3n) is 3.58. The van der Waals surface area contributed by atoms with Crippen molar-refractivity contribution in [3.63, 3.8) is 0 Å². The Morgan fingerprint density at radius 3 is 2.58 bits per heavy atom. The molecular formula is C17H21NO5S. The molecule has 0 saturated carbocycles. The van der Waals surface area contributed by atoms with Gasteiger partial charge in [0.2, 0.25) is 0 Å². The van der Waals surface area contributed by atoms with E-state index in [0.29, 0.717) is 12.2 Å². The maximum Gasteiger partial charge on any atom is 0.252 e. The molecule has 1 atom stereocenters. The minimum atomic E-state index is -3.52. The zero-order valence-corrected chi connectivity index (χ0v) is 14.5. The highest BCUT2D eigenvalue weighted by molar-refractivity contribution is 7.91. The number of furan rings is 1. The molecular weight excluding hydrogens is 330 g/mol. The second kappa shape index (κ2) is 7.19. The van der Waals surface area contributed by atoms with Crippen LogP contribution in [-0.4, -0.2) is 31.7 Å². The Hall–Kier alpha value is -2.12. The zero-order chi connectivity index (χ0) is 17.8. The molecule has 0 unspecified atom stereocenters. The van der Waals surface area contributed by atoms with Crippen LogP contribution in [0, 0.1) is 0 Å². The molecule has 0 aliphatic rings. The molecule has 0 fully saturated rings. The lowest BCUT2D eigenvalue weighted by atomic mass is 10.0. The van der Waals surface area contributed by atoms with Crippen LogP contribution in [0.15, 0.2) is 52.0 Å². The van der Waals surface area contributed by atoms with Crippen molar-refractivity contribution in [2.45, 2.75) is 30.8 Å². The van der Waals surface area contributed by atoms with Crippen LogP contribution < -0.4 is 5.32 Å². The van der Waals surface area contributed by atoms with Gasteiger partial charge >= 0.3 is 0 Å². The Labute approximate surface area is 141 Å². The second-order valence-electron chi connectivity index (χ2n) is 5.75. The van der Waals surface area contributed by atoms with E-state index >= 15 is 0 Å². The molecule has 0 spiro atoms. The maximum atomic E-state index is 12.4. The highest BCUT2D eigenvalue weighted by atomic mass is 32.2. The van der Waals surface area contributed by atoms with E-state index < -0.39 is 21.3 Å². The first-order valence-electron chi connectivity index (χ1n) is 7.64. The van der Waals surface area contributed by atoms with Gasteiger partial charge < -0.3 is 14.8 Å². The van der Waals surface area contributed by atoms with Crippen LogP contribution in [0.4, 0.5) is 0 Å². The number of hydrogen-bond donors (Lipinski definition) is 2. The Bertz CT molecular complexity index is 794. The first kappa shape index (κ1) is 18.2. The van der Waals surface area contributed by atoms with Crippen molar-refractivity contribution in [2.24, 2.45) is 0 Å². The van der Waals surface area contributed by atoms with Crippen molar-refractivity contribution in [2.75, 3.05) is 12.3 Å². The molecule has 0 radical (unpaired) electrons. The summed E-state index contributed by atoms with van der Waals surface area (Å²) >= 11 is 0. The second-order valence-corrected chi connectivity index (χ2v) is 7.83. The molecule has 0 saturated heterocycles. The molecule has 24 heavy (non-hydrogen) atoms. The molecule has 1 heterocycles. The third-order valence-corrected chi connectivity index (χ3v) is 5.56. The van der Waals surface area contributed by atoms with Gasteiger partial charge in [-0.25, -0.2) is 8.42 Å². The fourth-order valence-corrected chi connectivity index (χ4v) is 3.86. The van der Waals surface area contributed by atoms with Crippen molar-refractivity contribution >= 4 is 15.7 Å². The van der Waals surface area contributed by atoms with E-state index in [0.717, 1.165) is 0 Å². The third kappa shape index (κ3) is 4.04. The van der Waals surface area contributed by atoms with Crippen molar-refractivity contribution in [3.8, 4) is 0 Å². The number of aliphatic hydroxyl groups is 1. The highest BCUT2D eigenvalue weighted by Gasteiger charge is 2.28. The lowest BCUT2D eigenvalue weighted by Gasteiger charge is -2.21. The van der Waals surface area contributed by atoms with E-state index in [1.54, 1.807) is 31.2 Å². The number of sulfone groups is 1. The van der Waals surface area contributed by atoms with Crippen LogP contribution in [0.1, 0.15) is 36.4 Å². The maximum absolute atomic E-state index is 12.4. The quantitative estimate of drug-likeness (QED) is 0.796. The van der Waals surface area contributed by atoms with Crippen LogP contribution in [0.2, 0.25) is 0 Å². The van der Waals surface area contributed by atoms with Gasteiger partial charge in [-0.1, -0.05) is 19.1 Å². The fourth-order valence-electron chi connectivity index (χ4n) is 2.32. The monoisotopic (exact) mass is 351 g/mol. The predicted octanol–water partition coefficient (Wildman–Crippen LogP) is 2.10. The minimum Gasteiger partial charge on any atom is -0.466 e. The van der Waals surface area contributed by atoms with Gasteiger partial charge in [0.1, 0.15) is 11.4 Å². The van der Waals surface area contributed by atoms with E-state index in [4.69, 9.17) is 4.42 Å². The average molecular weight is 351 g/mol. The van der Waals surface area contributed by atoms with Crippen molar-refractivity contribution in [1.82, 2.24) is 5.32 Å². The van der Waals surface area contributed by atoms with Crippen LogP contribution in [0.5, 0.6) is 0 Å². The molecule has 1 aromatic heterocycles. The number of carbonyl (C=O) groups is 1. The summed E-state index contributed by atoms with van der Waals surface area (Å²) in [6, 6.07) is 9.30. The van der Waals surface area contributed by atoms with Gasteiger partial charge in [0.05, 0.1) is 29.0 Å². The molecule has 2 N–H and O–H groups in total. The van der Waals surface area contributed by atoms with Gasteiger partial charge in [0, 0.05) is 0 Å². The lowest BCUT2D eigenvalue weighted by Crippen LogP contribution is -2.38. The first-order chi connectivity index (χ1) is 11.3. The minimum absolute atomic E-state index is 0.00184. The van der Waals surface area contributed by atoms with E-state index in [1.165, 1.54) is 25.3 Å². The largest absolute Gasteiger partial charge is 0.466 e. The van der Waals surface area contributed by atoms with Crippen molar-refractivity contribution in [3.05, 3.63) is 54.0 Å². The summed E-state index contributed by atoms with van der Waals surface area (Å²) in [4.78, 5) is 12.4. The molecule has 6 nitrogen and oxygen atoms in total. The van der Waals surface area contributed by atoms with Crippen molar-refractivity contribution < 1.29 is 22.7 Å². The summed E-state index contributed by atoms with van der Waals surface area (Å²) < 4.78 is 29.8. The van der Waals surface area contributed by atoms with Crippen molar-refractivity contribution in [1.29, 1.82) is 0 Å². The number of benzene rings is 1. The fraction of sp³-hybridized carbons (Fsp3) is 0.353. The highest BCUT2D eigenvalue weighted by Crippen LogP contribution is 2.21. The molecule has 130 valence electrons. The molecule has 0 bridgehead atoms. The topological polar surface area (TPSA) is 96.6 Å². The van der Waals surface area contributed by atoms with Crippen LogP contribution in [0.3, 0.4) is 0 Å². The zero-order valence-electron chi connectivity index (χ0n) is 13.7. The molecule has 0 aliphatic heterocycles. The van der Waals surface area contributed by atoms with Gasteiger partial charge in [-0.05, 0) is 37.6 Å². The van der Waals surface area contributed by atoms with Gasteiger partial charge in [-0.3, -0.25) is 4.79 Å². The summed E-state index contributed by atoms with van der Waals surface area (Å²) in [5.41, 5.74) is -1.32. The summed E-state index contributed by atoms with van der Waals surface area (Å²) in [7, 11) is -3.52. The molecule has 0 aliphatic carbocycles. The Morgan fingerprint density at radius 1 is 1.25 bits per heavy atom. The number of hydrogen-bond acceptors (Lipinski definition) is 5. The Morgan fingerprint density at radius 2 is 1.96 bits per heavy atom. The summed E-state index contributed by atoms with van der Waals surface area (Å²) in [5, 5.41) is 12.9. The van der Waals surface area contributed by atoms with E-state index in [9.17, 15) is 18.3 Å². The SMILES string of the molecule is CCCS(=O)(=O)c1ccccc1C(=O)NC[C@](C)(O)c1ccco1. The van der Waals surface area contributed by atoms with Gasteiger partial charge in [0.15, 0.2) is 9.84 Å². The average Bonchev–Trinajstić information content (AvgIpc) is 3.08. The van der Waals surface area contributed by atoms with E-state index in [2.05, 4.69) is 5.32 Å². The normalized spacial score (nSPS) is 14.1. The van der Waals surface area contributed by atoms with Gasteiger partial charge in [-0.2, -0.15) is 0 Å². The summed E-state index contributed by atoms with van der Waals surface area (Å²) in [5.74, 6) is -0.270. The van der Waals surface area contributed by atoms with Crippen LogP contribution in [-0.2, 0) is 15.4 Å².